The van der Waals surface area contributed by atoms with E-state index < -0.39 is 0 Å². The summed E-state index contributed by atoms with van der Waals surface area (Å²) in [4.78, 5) is 0. The lowest BCUT2D eigenvalue weighted by Gasteiger charge is -2.02. The summed E-state index contributed by atoms with van der Waals surface area (Å²) >= 11 is 7.41. The molecule has 0 fully saturated rings. The van der Waals surface area contributed by atoms with Crippen molar-refractivity contribution in [2.75, 3.05) is 0 Å². The summed E-state index contributed by atoms with van der Waals surface area (Å²) in [6.07, 6.45) is 0. The molecule has 0 atom stereocenters. The quantitative estimate of drug-likeness (QED) is 0.722. The molecule has 0 saturated carbocycles. The number of benzene rings is 1. The number of thiophene rings is 1. The smallest absolute Gasteiger partial charge is 0.138 e. The highest BCUT2D eigenvalue weighted by atomic mass is 35.5. The zero-order chi connectivity index (χ0) is 9.10. The second-order valence-corrected chi connectivity index (χ2v) is 3.73. The molecule has 1 nitrogen and oxygen atoms in total. The number of hydrogen-bond acceptors (Lipinski definition) is 2. The first-order valence-electron chi connectivity index (χ1n) is 3.80. The van der Waals surface area contributed by atoms with E-state index in [-0.39, 0.29) is 0 Å². The normalized spacial score (nSPS) is 9.92. The first kappa shape index (κ1) is 8.60. The fourth-order valence-electron chi connectivity index (χ4n) is 0.977. The minimum absolute atomic E-state index is 0.688. The Kier molecular flexibility index (Phi) is 2.52. The lowest BCUT2D eigenvalue weighted by atomic mass is 10.3. The third kappa shape index (κ3) is 2.23. The predicted molar refractivity (Wildman–Crippen MR) is 55.8 cm³/mol. The summed E-state index contributed by atoms with van der Waals surface area (Å²) in [5.74, 6) is 1.62. The van der Waals surface area contributed by atoms with E-state index in [1.807, 2.05) is 35.0 Å². The summed E-state index contributed by atoms with van der Waals surface area (Å²) in [6.45, 7) is 0. The van der Waals surface area contributed by atoms with Crippen LogP contribution in [-0.4, -0.2) is 0 Å². The monoisotopic (exact) mass is 210 g/mol. The highest BCUT2D eigenvalue weighted by Crippen LogP contribution is 2.25. The predicted octanol–water partition coefficient (Wildman–Crippen LogP) is 4.19. The molecule has 0 radical (unpaired) electrons. The molecule has 2 rings (SSSR count). The summed E-state index contributed by atoms with van der Waals surface area (Å²) in [5.41, 5.74) is 0. The van der Waals surface area contributed by atoms with Crippen molar-refractivity contribution in [1.29, 1.82) is 0 Å². The van der Waals surface area contributed by atoms with E-state index in [1.165, 1.54) is 0 Å². The van der Waals surface area contributed by atoms with E-state index in [4.69, 9.17) is 16.3 Å². The van der Waals surface area contributed by atoms with Gasteiger partial charge in [0, 0.05) is 10.4 Å². The third-order valence-corrected chi connectivity index (χ3v) is 2.42. The van der Waals surface area contributed by atoms with E-state index in [2.05, 4.69) is 0 Å². The Bertz CT molecular complexity index is 384. The van der Waals surface area contributed by atoms with Crippen LogP contribution in [0.25, 0.3) is 0 Å². The Morgan fingerprint density at radius 3 is 2.77 bits per heavy atom. The standard InChI is InChI=1S/C10H7ClOS/c11-8-2-1-3-9(6-8)12-10-4-5-13-7-10/h1-7H. The molecule has 0 aliphatic heterocycles. The molecule has 0 aliphatic carbocycles. The second-order valence-electron chi connectivity index (χ2n) is 2.52. The van der Waals surface area contributed by atoms with Crippen molar-refractivity contribution in [3.05, 3.63) is 46.1 Å². The summed E-state index contributed by atoms with van der Waals surface area (Å²) < 4.78 is 5.53. The SMILES string of the molecule is Clc1cccc(Oc2ccsc2)c1. The number of ether oxygens (including phenoxy) is 1. The van der Waals surface area contributed by atoms with E-state index in [1.54, 1.807) is 17.4 Å². The molecule has 0 amide bonds. The lowest BCUT2D eigenvalue weighted by Crippen LogP contribution is -1.80. The van der Waals surface area contributed by atoms with Gasteiger partial charge >= 0.3 is 0 Å². The molecule has 0 spiro atoms. The number of hydrogen-bond donors (Lipinski definition) is 0. The van der Waals surface area contributed by atoms with Gasteiger partial charge in [0.2, 0.25) is 0 Å². The van der Waals surface area contributed by atoms with Crippen LogP contribution in [0.4, 0.5) is 0 Å². The summed E-state index contributed by atoms with van der Waals surface area (Å²) in [5, 5.41) is 4.61. The molecular weight excluding hydrogens is 204 g/mol. The molecule has 13 heavy (non-hydrogen) atoms. The largest absolute Gasteiger partial charge is 0.456 e. The van der Waals surface area contributed by atoms with Crippen LogP contribution in [0.15, 0.2) is 41.1 Å². The highest BCUT2D eigenvalue weighted by Gasteiger charge is 1.97. The minimum Gasteiger partial charge on any atom is -0.456 e. The van der Waals surface area contributed by atoms with Crippen molar-refractivity contribution in [2.45, 2.75) is 0 Å². The van der Waals surface area contributed by atoms with Gasteiger partial charge in [-0.3, -0.25) is 0 Å². The summed E-state index contributed by atoms with van der Waals surface area (Å²) in [6, 6.07) is 9.28. The topological polar surface area (TPSA) is 9.23 Å². The van der Waals surface area contributed by atoms with E-state index in [0.717, 1.165) is 11.5 Å². The minimum atomic E-state index is 0.688. The Balaban J connectivity index is 2.19. The first-order chi connectivity index (χ1) is 6.34. The van der Waals surface area contributed by atoms with Crippen LogP contribution in [0.3, 0.4) is 0 Å². The zero-order valence-electron chi connectivity index (χ0n) is 6.74. The van der Waals surface area contributed by atoms with Gasteiger partial charge in [-0.05, 0) is 29.6 Å². The Morgan fingerprint density at radius 1 is 1.15 bits per heavy atom. The van der Waals surface area contributed by atoms with Gasteiger partial charge in [0.25, 0.3) is 0 Å². The zero-order valence-corrected chi connectivity index (χ0v) is 8.31. The maximum atomic E-state index is 5.81. The lowest BCUT2D eigenvalue weighted by molar-refractivity contribution is 0.485. The Hall–Kier alpha value is -0.990. The van der Waals surface area contributed by atoms with Crippen molar-refractivity contribution in [3.8, 4) is 11.5 Å². The van der Waals surface area contributed by atoms with Gasteiger partial charge in [-0.2, -0.15) is 0 Å². The van der Waals surface area contributed by atoms with Crippen LogP contribution in [0, 0.1) is 0 Å². The van der Waals surface area contributed by atoms with Gasteiger partial charge in [-0.1, -0.05) is 17.7 Å². The fourth-order valence-corrected chi connectivity index (χ4v) is 1.71. The maximum absolute atomic E-state index is 5.81. The van der Waals surface area contributed by atoms with Crippen LogP contribution < -0.4 is 4.74 Å². The molecular formula is C10H7ClOS. The number of halogens is 1. The first-order valence-corrected chi connectivity index (χ1v) is 5.12. The molecule has 0 saturated heterocycles. The van der Waals surface area contributed by atoms with Gasteiger partial charge in [0.1, 0.15) is 11.5 Å². The Labute approximate surface area is 85.5 Å². The van der Waals surface area contributed by atoms with Gasteiger partial charge in [-0.15, -0.1) is 11.3 Å². The molecule has 1 heterocycles. The molecule has 1 aromatic carbocycles. The van der Waals surface area contributed by atoms with Crippen molar-refractivity contribution in [3.63, 3.8) is 0 Å². The van der Waals surface area contributed by atoms with Gasteiger partial charge in [0.05, 0.1) is 0 Å². The van der Waals surface area contributed by atoms with Crippen molar-refractivity contribution in [1.82, 2.24) is 0 Å². The molecule has 0 unspecified atom stereocenters. The van der Waals surface area contributed by atoms with Crippen molar-refractivity contribution >= 4 is 22.9 Å². The fraction of sp³-hybridized carbons (Fsp3) is 0. The summed E-state index contributed by atoms with van der Waals surface area (Å²) in [7, 11) is 0. The molecule has 66 valence electrons. The molecule has 1 aromatic heterocycles. The second kappa shape index (κ2) is 3.81. The van der Waals surface area contributed by atoms with Crippen LogP contribution in [0.1, 0.15) is 0 Å². The molecule has 3 heteroatoms. The van der Waals surface area contributed by atoms with Gasteiger partial charge in [0.15, 0.2) is 0 Å². The average Bonchev–Trinajstić information content (AvgIpc) is 2.57. The third-order valence-electron chi connectivity index (χ3n) is 1.53. The van der Waals surface area contributed by atoms with Crippen LogP contribution in [0.2, 0.25) is 5.02 Å². The van der Waals surface area contributed by atoms with Gasteiger partial charge < -0.3 is 4.74 Å². The van der Waals surface area contributed by atoms with Crippen LogP contribution in [0.5, 0.6) is 11.5 Å². The highest BCUT2D eigenvalue weighted by molar-refractivity contribution is 7.08. The molecule has 0 aliphatic rings. The molecule has 0 N–H and O–H groups in total. The molecule has 0 bridgehead atoms. The van der Waals surface area contributed by atoms with E-state index in [0.29, 0.717) is 5.02 Å². The molecule has 2 aromatic rings. The Morgan fingerprint density at radius 2 is 2.08 bits per heavy atom. The average molecular weight is 211 g/mol. The van der Waals surface area contributed by atoms with Gasteiger partial charge in [-0.25, -0.2) is 0 Å². The van der Waals surface area contributed by atoms with Crippen molar-refractivity contribution < 1.29 is 4.74 Å². The van der Waals surface area contributed by atoms with Crippen LogP contribution in [-0.2, 0) is 0 Å². The maximum Gasteiger partial charge on any atom is 0.138 e. The van der Waals surface area contributed by atoms with E-state index in [9.17, 15) is 0 Å². The number of rotatable bonds is 2. The van der Waals surface area contributed by atoms with E-state index >= 15 is 0 Å². The van der Waals surface area contributed by atoms with Crippen LogP contribution >= 0.6 is 22.9 Å². The van der Waals surface area contributed by atoms with Crippen molar-refractivity contribution in [2.24, 2.45) is 0 Å².